The van der Waals surface area contributed by atoms with E-state index >= 15 is 0 Å². The van der Waals surface area contributed by atoms with Crippen molar-refractivity contribution >= 4 is 29.9 Å². The predicted molar refractivity (Wildman–Crippen MR) is 80.3 cm³/mol. The van der Waals surface area contributed by atoms with Gasteiger partial charge in [0.2, 0.25) is 0 Å². The average molecular weight is 347 g/mol. The number of halogens is 1. The quantitative estimate of drug-likeness (QED) is 0.643. The second kappa shape index (κ2) is 8.16. The van der Waals surface area contributed by atoms with Gasteiger partial charge in [-0.15, -0.1) is 24.0 Å². The van der Waals surface area contributed by atoms with Crippen LogP contribution >= 0.6 is 24.0 Å². The Labute approximate surface area is 119 Å². The number of nitrogens with zero attached hydrogens (tertiary/aromatic N) is 1. The van der Waals surface area contributed by atoms with Crippen LogP contribution in [0.2, 0.25) is 0 Å². The van der Waals surface area contributed by atoms with Gasteiger partial charge in [0.25, 0.3) is 0 Å². The first-order chi connectivity index (χ1) is 7.95. The molecule has 0 saturated carbocycles. The molecule has 0 amide bonds. The van der Waals surface area contributed by atoms with Crippen molar-refractivity contribution in [1.29, 1.82) is 0 Å². The van der Waals surface area contributed by atoms with Crippen molar-refractivity contribution in [3.63, 3.8) is 0 Å². The lowest BCUT2D eigenvalue weighted by atomic mass is 10.3. The number of ether oxygens (including phenoxy) is 1. The molecule has 0 bridgehead atoms. The van der Waals surface area contributed by atoms with Gasteiger partial charge in [-0.25, -0.2) is 0 Å². The lowest BCUT2D eigenvalue weighted by molar-refractivity contribution is 0.321. The van der Waals surface area contributed by atoms with Crippen LogP contribution in [0.15, 0.2) is 35.3 Å². The molecule has 1 aromatic rings. The minimum Gasteiger partial charge on any atom is -0.492 e. The smallest absolute Gasteiger partial charge is 0.191 e. The Bertz CT molecular complexity index is 343. The first-order valence-corrected chi connectivity index (χ1v) is 5.65. The van der Waals surface area contributed by atoms with Gasteiger partial charge < -0.3 is 15.4 Å². The van der Waals surface area contributed by atoms with Gasteiger partial charge in [0.05, 0.1) is 6.54 Å². The molecule has 1 aliphatic rings. The largest absolute Gasteiger partial charge is 0.492 e. The van der Waals surface area contributed by atoms with Gasteiger partial charge in [0.15, 0.2) is 5.96 Å². The summed E-state index contributed by atoms with van der Waals surface area (Å²) in [6.45, 7) is 3.33. The molecule has 0 saturated heterocycles. The number of aliphatic imine (C=N–C) groups is 1. The SMILES string of the molecule is I.c1ccc(OCCNC2=NCCCN2)cc1. The van der Waals surface area contributed by atoms with Crippen LogP contribution in [0, 0.1) is 0 Å². The van der Waals surface area contributed by atoms with E-state index in [0.717, 1.165) is 37.8 Å². The van der Waals surface area contributed by atoms with E-state index in [1.807, 2.05) is 30.3 Å². The van der Waals surface area contributed by atoms with Crippen LogP contribution in [0.5, 0.6) is 5.75 Å². The minimum absolute atomic E-state index is 0. The van der Waals surface area contributed by atoms with Crippen molar-refractivity contribution in [2.45, 2.75) is 6.42 Å². The monoisotopic (exact) mass is 347 g/mol. The molecule has 0 spiro atoms. The van der Waals surface area contributed by atoms with E-state index in [2.05, 4.69) is 15.6 Å². The van der Waals surface area contributed by atoms with Gasteiger partial charge >= 0.3 is 0 Å². The van der Waals surface area contributed by atoms with Crippen LogP contribution in [-0.4, -0.2) is 32.2 Å². The molecular formula is C12H18IN3O. The van der Waals surface area contributed by atoms with Crippen molar-refractivity contribution < 1.29 is 4.74 Å². The summed E-state index contributed by atoms with van der Waals surface area (Å²) in [6.07, 6.45) is 1.12. The maximum Gasteiger partial charge on any atom is 0.191 e. The second-order valence-electron chi connectivity index (χ2n) is 3.60. The van der Waals surface area contributed by atoms with Crippen LogP contribution in [0.1, 0.15) is 6.42 Å². The van der Waals surface area contributed by atoms with Gasteiger partial charge in [0, 0.05) is 13.1 Å². The molecule has 17 heavy (non-hydrogen) atoms. The van der Waals surface area contributed by atoms with Crippen molar-refractivity contribution in [2.75, 3.05) is 26.2 Å². The number of para-hydroxylation sites is 1. The molecule has 4 nitrogen and oxygen atoms in total. The lowest BCUT2D eigenvalue weighted by Gasteiger charge is -2.16. The zero-order valence-electron chi connectivity index (χ0n) is 9.69. The highest BCUT2D eigenvalue weighted by Crippen LogP contribution is 2.07. The third-order valence-corrected chi connectivity index (χ3v) is 2.30. The molecule has 94 valence electrons. The Hall–Kier alpha value is -0.980. The molecule has 1 aliphatic heterocycles. The maximum absolute atomic E-state index is 5.55. The molecule has 1 heterocycles. The Balaban J connectivity index is 0.00000144. The van der Waals surface area contributed by atoms with E-state index in [-0.39, 0.29) is 24.0 Å². The molecule has 1 aromatic carbocycles. The summed E-state index contributed by atoms with van der Waals surface area (Å²) in [5.74, 6) is 1.80. The molecular weight excluding hydrogens is 329 g/mol. The fourth-order valence-electron chi connectivity index (χ4n) is 1.51. The summed E-state index contributed by atoms with van der Waals surface area (Å²) in [5.41, 5.74) is 0. The Morgan fingerprint density at radius 2 is 2.12 bits per heavy atom. The third-order valence-electron chi connectivity index (χ3n) is 2.30. The second-order valence-corrected chi connectivity index (χ2v) is 3.60. The Morgan fingerprint density at radius 1 is 1.29 bits per heavy atom. The van der Waals surface area contributed by atoms with Crippen molar-refractivity contribution in [3.8, 4) is 5.75 Å². The highest BCUT2D eigenvalue weighted by atomic mass is 127. The van der Waals surface area contributed by atoms with E-state index < -0.39 is 0 Å². The topological polar surface area (TPSA) is 45.6 Å². The van der Waals surface area contributed by atoms with Crippen LogP contribution in [0.3, 0.4) is 0 Å². The highest BCUT2D eigenvalue weighted by molar-refractivity contribution is 14.0. The molecule has 2 N–H and O–H groups in total. The Kier molecular flexibility index (Phi) is 6.76. The first-order valence-electron chi connectivity index (χ1n) is 5.65. The normalized spacial score (nSPS) is 14.0. The summed E-state index contributed by atoms with van der Waals surface area (Å²) in [6, 6.07) is 9.82. The van der Waals surface area contributed by atoms with Gasteiger partial charge in [-0.3, -0.25) is 4.99 Å². The van der Waals surface area contributed by atoms with Crippen molar-refractivity contribution in [2.24, 2.45) is 4.99 Å². The molecule has 0 radical (unpaired) electrons. The summed E-state index contributed by atoms with van der Waals surface area (Å²) < 4.78 is 5.55. The molecule has 0 aliphatic carbocycles. The first kappa shape index (κ1) is 14.1. The van der Waals surface area contributed by atoms with E-state index in [1.165, 1.54) is 0 Å². The lowest BCUT2D eigenvalue weighted by Crippen LogP contribution is -2.42. The third kappa shape index (κ3) is 5.25. The molecule has 0 aromatic heterocycles. The number of hydrogen-bond donors (Lipinski definition) is 2. The van der Waals surface area contributed by atoms with Crippen molar-refractivity contribution in [1.82, 2.24) is 10.6 Å². The minimum atomic E-state index is 0. The average Bonchev–Trinajstić information content (AvgIpc) is 2.37. The van der Waals surface area contributed by atoms with Crippen LogP contribution in [-0.2, 0) is 0 Å². The molecule has 0 unspecified atom stereocenters. The number of rotatable bonds is 4. The van der Waals surface area contributed by atoms with E-state index in [0.29, 0.717) is 6.61 Å². The fourth-order valence-corrected chi connectivity index (χ4v) is 1.51. The van der Waals surface area contributed by atoms with Crippen LogP contribution in [0.4, 0.5) is 0 Å². The standard InChI is InChI=1S/C12H17N3O.HI/c1-2-5-11(6-3-1)16-10-9-15-12-13-7-4-8-14-12;/h1-3,5-6H,4,7-10H2,(H2,13,14,15);1H. The number of benzene rings is 1. The Morgan fingerprint density at radius 3 is 2.82 bits per heavy atom. The summed E-state index contributed by atoms with van der Waals surface area (Å²) in [5, 5.41) is 6.41. The van der Waals surface area contributed by atoms with Gasteiger partial charge in [-0.1, -0.05) is 18.2 Å². The van der Waals surface area contributed by atoms with Gasteiger partial charge in [0.1, 0.15) is 12.4 Å². The van der Waals surface area contributed by atoms with Crippen LogP contribution in [0.25, 0.3) is 0 Å². The van der Waals surface area contributed by atoms with Crippen LogP contribution < -0.4 is 15.4 Å². The fraction of sp³-hybridized carbons (Fsp3) is 0.417. The highest BCUT2D eigenvalue weighted by Gasteiger charge is 2.01. The van der Waals surface area contributed by atoms with Crippen molar-refractivity contribution in [3.05, 3.63) is 30.3 Å². The number of guanidine groups is 1. The zero-order chi connectivity index (χ0) is 11.1. The van der Waals surface area contributed by atoms with E-state index in [4.69, 9.17) is 4.74 Å². The zero-order valence-corrected chi connectivity index (χ0v) is 12.0. The number of nitrogens with one attached hydrogen (secondary N) is 2. The number of hydrogen-bond acceptors (Lipinski definition) is 4. The van der Waals surface area contributed by atoms with Gasteiger partial charge in [-0.05, 0) is 18.6 Å². The summed E-state index contributed by atoms with van der Waals surface area (Å²) in [7, 11) is 0. The van der Waals surface area contributed by atoms with E-state index in [9.17, 15) is 0 Å². The molecule has 0 atom stereocenters. The molecule has 5 heteroatoms. The molecule has 0 fully saturated rings. The maximum atomic E-state index is 5.55. The summed E-state index contributed by atoms with van der Waals surface area (Å²) >= 11 is 0. The van der Waals surface area contributed by atoms with E-state index in [1.54, 1.807) is 0 Å². The summed E-state index contributed by atoms with van der Waals surface area (Å²) in [4.78, 5) is 4.31. The van der Waals surface area contributed by atoms with Gasteiger partial charge in [-0.2, -0.15) is 0 Å². The molecule has 2 rings (SSSR count). The predicted octanol–water partition coefficient (Wildman–Crippen LogP) is 1.62.